The van der Waals surface area contributed by atoms with E-state index in [0.29, 0.717) is 12.0 Å². The van der Waals surface area contributed by atoms with Crippen molar-refractivity contribution in [3.63, 3.8) is 0 Å². The van der Waals surface area contributed by atoms with E-state index < -0.39 is 12.1 Å². The monoisotopic (exact) mass is 345 g/mol. The molecule has 0 spiro atoms. The lowest BCUT2D eigenvalue weighted by Gasteiger charge is -2.25. The molecule has 1 N–H and O–H groups in total. The first kappa shape index (κ1) is 16.3. The summed E-state index contributed by atoms with van der Waals surface area (Å²) in [6, 6.07) is 21.3. The Morgan fingerprint density at radius 2 is 1.77 bits per heavy atom. The number of benzene rings is 3. The van der Waals surface area contributed by atoms with Crippen molar-refractivity contribution in [3.8, 4) is 0 Å². The molecule has 1 heterocycles. The van der Waals surface area contributed by atoms with E-state index in [9.17, 15) is 9.59 Å². The summed E-state index contributed by atoms with van der Waals surface area (Å²) in [5.74, 6) is -0.709. The lowest BCUT2D eigenvalue weighted by Crippen LogP contribution is -2.42. The summed E-state index contributed by atoms with van der Waals surface area (Å²) in [7, 11) is 0. The molecule has 1 aliphatic rings. The first-order valence-corrected chi connectivity index (χ1v) is 8.70. The van der Waals surface area contributed by atoms with Gasteiger partial charge in [-0.1, -0.05) is 54.6 Å². The Labute approximate surface area is 151 Å². The number of carbonyl (C=O) groups excluding carboxylic acids is 2. The van der Waals surface area contributed by atoms with Gasteiger partial charge in [-0.05, 0) is 41.0 Å². The minimum atomic E-state index is -0.791. The predicted molar refractivity (Wildman–Crippen MR) is 99.9 cm³/mol. The Morgan fingerprint density at radius 1 is 1.04 bits per heavy atom. The third-order valence-corrected chi connectivity index (χ3v) is 4.82. The van der Waals surface area contributed by atoms with Gasteiger partial charge in [-0.15, -0.1) is 0 Å². The molecule has 3 aromatic carbocycles. The fourth-order valence-electron chi connectivity index (χ4n) is 3.34. The summed E-state index contributed by atoms with van der Waals surface area (Å²) in [6.07, 6.45) is -0.390. The number of ether oxygens (including phenoxy) is 1. The van der Waals surface area contributed by atoms with Gasteiger partial charge in [0.1, 0.15) is 0 Å². The van der Waals surface area contributed by atoms with Gasteiger partial charge in [0.05, 0.1) is 11.6 Å². The number of cyclic esters (lactones) is 1. The molecule has 0 bridgehead atoms. The van der Waals surface area contributed by atoms with Crippen LogP contribution in [-0.2, 0) is 16.0 Å². The quantitative estimate of drug-likeness (QED) is 0.735. The fraction of sp³-hybridized carbons (Fsp3) is 0.182. The van der Waals surface area contributed by atoms with Gasteiger partial charge in [0.15, 0.2) is 6.10 Å². The van der Waals surface area contributed by atoms with Crippen LogP contribution >= 0.6 is 0 Å². The van der Waals surface area contributed by atoms with Crippen LogP contribution in [0, 0.1) is 0 Å². The van der Waals surface area contributed by atoms with Gasteiger partial charge in [0.2, 0.25) is 0 Å². The highest BCUT2D eigenvalue weighted by Gasteiger charge is 2.31. The zero-order valence-electron chi connectivity index (χ0n) is 14.4. The number of carbonyl (C=O) groups is 2. The summed E-state index contributed by atoms with van der Waals surface area (Å²) in [6.45, 7) is 1.93. The largest absolute Gasteiger partial charge is 0.448 e. The smallest absolute Gasteiger partial charge is 0.339 e. The molecule has 2 atom stereocenters. The Bertz CT molecular complexity index is 995. The van der Waals surface area contributed by atoms with Crippen molar-refractivity contribution in [1.29, 1.82) is 0 Å². The molecule has 4 heteroatoms. The van der Waals surface area contributed by atoms with Crippen LogP contribution in [-0.4, -0.2) is 18.0 Å². The number of hydrogen-bond donors (Lipinski definition) is 1. The predicted octanol–water partition coefficient (Wildman–Crippen LogP) is 3.80. The van der Waals surface area contributed by atoms with Gasteiger partial charge in [-0.2, -0.15) is 0 Å². The highest BCUT2D eigenvalue weighted by molar-refractivity contribution is 5.96. The molecule has 0 saturated heterocycles. The molecule has 0 aliphatic carbocycles. The van der Waals surface area contributed by atoms with Gasteiger partial charge in [-0.25, -0.2) is 4.79 Å². The molecule has 130 valence electrons. The van der Waals surface area contributed by atoms with Crippen molar-refractivity contribution in [2.75, 3.05) is 0 Å². The van der Waals surface area contributed by atoms with Gasteiger partial charge in [-0.3, -0.25) is 4.79 Å². The van der Waals surface area contributed by atoms with Crippen LogP contribution in [0.3, 0.4) is 0 Å². The fourth-order valence-corrected chi connectivity index (χ4v) is 3.34. The van der Waals surface area contributed by atoms with Crippen molar-refractivity contribution < 1.29 is 14.3 Å². The Morgan fingerprint density at radius 3 is 2.62 bits per heavy atom. The molecular formula is C22H19NO3. The average molecular weight is 345 g/mol. The Balaban J connectivity index is 1.50. The van der Waals surface area contributed by atoms with Gasteiger partial charge >= 0.3 is 5.97 Å². The summed E-state index contributed by atoms with van der Waals surface area (Å²) >= 11 is 0. The van der Waals surface area contributed by atoms with Gasteiger partial charge < -0.3 is 10.1 Å². The second kappa shape index (κ2) is 6.64. The molecule has 0 radical (unpaired) electrons. The van der Waals surface area contributed by atoms with E-state index in [1.807, 2.05) is 49.4 Å². The third-order valence-electron chi connectivity index (χ3n) is 4.82. The van der Waals surface area contributed by atoms with E-state index in [1.54, 1.807) is 12.1 Å². The summed E-state index contributed by atoms with van der Waals surface area (Å²) in [5, 5.41) is 5.25. The molecule has 1 aliphatic heterocycles. The van der Waals surface area contributed by atoms with Crippen molar-refractivity contribution in [2.45, 2.75) is 25.5 Å². The maximum Gasteiger partial charge on any atom is 0.339 e. The van der Waals surface area contributed by atoms with E-state index in [1.165, 1.54) is 0 Å². The van der Waals surface area contributed by atoms with Crippen LogP contribution in [0.1, 0.15) is 34.5 Å². The average Bonchev–Trinajstić information content (AvgIpc) is 2.67. The number of rotatable bonds is 3. The van der Waals surface area contributed by atoms with Crippen molar-refractivity contribution in [1.82, 2.24) is 5.32 Å². The van der Waals surface area contributed by atoms with Crippen LogP contribution in [0.5, 0.6) is 0 Å². The van der Waals surface area contributed by atoms with Crippen molar-refractivity contribution >= 4 is 22.6 Å². The standard InChI is InChI=1S/C22H19NO3/c1-14(16-11-10-15-6-2-3-7-17(15)12-16)23-21(24)20-13-18-8-4-5-9-19(18)22(25)26-20/h2-12,14,20H,13H2,1H3,(H,23,24). The van der Waals surface area contributed by atoms with Crippen LogP contribution < -0.4 is 5.32 Å². The van der Waals surface area contributed by atoms with E-state index in [-0.39, 0.29) is 11.9 Å². The molecule has 26 heavy (non-hydrogen) atoms. The van der Waals surface area contributed by atoms with Crippen LogP contribution in [0.15, 0.2) is 66.7 Å². The maximum absolute atomic E-state index is 12.6. The molecule has 4 rings (SSSR count). The molecule has 1 amide bonds. The normalized spacial score (nSPS) is 17.3. The number of fused-ring (bicyclic) bond motifs is 2. The molecule has 3 aromatic rings. The number of hydrogen-bond acceptors (Lipinski definition) is 3. The number of esters is 1. The van der Waals surface area contributed by atoms with Gasteiger partial charge in [0.25, 0.3) is 5.91 Å². The second-order valence-corrected chi connectivity index (χ2v) is 6.59. The van der Waals surface area contributed by atoms with Crippen LogP contribution in [0.4, 0.5) is 0 Å². The lowest BCUT2D eigenvalue weighted by molar-refractivity contribution is -0.131. The van der Waals surface area contributed by atoms with E-state index in [4.69, 9.17) is 4.74 Å². The van der Waals surface area contributed by atoms with E-state index in [2.05, 4.69) is 17.4 Å². The number of nitrogens with one attached hydrogen (secondary N) is 1. The SMILES string of the molecule is CC(NC(=O)C1Cc2ccccc2C(=O)O1)c1ccc2ccccc2c1. The second-order valence-electron chi connectivity index (χ2n) is 6.59. The van der Waals surface area contributed by atoms with Crippen molar-refractivity contribution in [2.24, 2.45) is 0 Å². The minimum absolute atomic E-state index is 0.178. The third kappa shape index (κ3) is 3.06. The van der Waals surface area contributed by atoms with E-state index in [0.717, 1.165) is 21.9 Å². The Hall–Kier alpha value is -3.14. The molecule has 2 unspecified atom stereocenters. The first-order chi connectivity index (χ1) is 12.6. The summed E-state index contributed by atoms with van der Waals surface area (Å²) in [4.78, 5) is 24.7. The Kier molecular flexibility index (Phi) is 4.17. The summed E-state index contributed by atoms with van der Waals surface area (Å²) in [5.41, 5.74) is 2.40. The highest BCUT2D eigenvalue weighted by Crippen LogP contribution is 2.23. The zero-order chi connectivity index (χ0) is 18.1. The topological polar surface area (TPSA) is 55.4 Å². The van der Waals surface area contributed by atoms with E-state index >= 15 is 0 Å². The number of amides is 1. The summed E-state index contributed by atoms with van der Waals surface area (Å²) < 4.78 is 5.33. The molecule has 4 nitrogen and oxygen atoms in total. The zero-order valence-corrected chi connectivity index (χ0v) is 14.4. The molecule has 0 aromatic heterocycles. The van der Waals surface area contributed by atoms with Gasteiger partial charge in [0, 0.05) is 6.42 Å². The lowest BCUT2D eigenvalue weighted by atomic mass is 9.97. The first-order valence-electron chi connectivity index (χ1n) is 8.70. The maximum atomic E-state index is 12.6. The van der Waals surface area contributed by atoms with Crippen molar-refractivity contribution in [3.05, 3.63) is 83.4 Å². The minimum Gasteiger partial charge on any atom is -0.448 e. The molecular weight excluding hydrogens is 326 g/mol. The highest BCUT2D eigenvalue weighted by atomic mass is 16.5. The van der Waals surface area contributed by atoms with Crippen LogP contribution in [0.2, 0.25) is 0 Å². The van der Waals surface area contributed by atoms with Crippen LogP contribution in [0.25, 0.3) is 10.8 Å². The molecule has 0 fully saturated rings. The molecule has 0 saturated carbocycles.